The molecule has 2 aromatic carbocycles. The highest BCUT2D eigenvalue weighted by Crippen LogP contribution is 2.11. The van der Waals surface area contributed by atoms with Gasteiger partial charge in [-0.05, 0) is 35.9 Å². The molecule has 0 spiro atoms. The van der Waals surface area contributed by atoms with E-state index in [0.717, 1.165) is 18.2 Å². The lowest BCUT2D eigenvalue weighted by Gasteiger charge is -2.07. The summed E-state index contributed by atoms with van der Waals surface area (Å²) in [5.74, 6) is -1.01. The first-order valence-electron chi connectivity index (χ1n) is 6.12. The van der Waals surface area contributed by atoms with Crippen molar-refractivity contribution >= 4 is 10.0 Å². The maximum absolute atomic E-state index is 13.4. The van der Waals surface area contributed by atoms with Gasteiger partial charge in [0, 0.05) is 18.7 Å². The van der Waals surface area contributed by atoms with E-state index in [0.29, 0.717) is 12.1 Å². The fraction of sp³-hybridized carbons (Fsp3) is 0.143. The minimum Gasteiger partial charge on any atom is -0.309 e. The lowest BCUT2D eigenvalue weighted by atomic mass is 10.2. The fourth-order valence-electron chi connectivity index (χ4n) is 1.85. The molecule has 0 aliphatic carbocycles. The number of hydrogen-bond donors (Lipinski definition) is 2. The molecule has 0 aromatic heterocycles. The van der Waals surface area contributed by atoms with E-state index in [9.17, 15) is 17.2 Å². The zero-order valence-electron chi connectivity index (χ0n) is 11.0. The van der Waals surface area contributed by atoms with Crippen LogP contribution in [0.2, 0.25) is 0 Å². The summed E-state index contributed by atoms with van der Waals surface area (Å²) < 4.78 is 48.9. The zero-order valence-corrected chi connectivity index (χ0v) is 11.8. The molecule has 0 unspecified atom stereocenters. The second kappa shape index (κ2) is 6.30. The Kier molecular flexibility index (Phi) is 4.66. The Morgan fingerprint density at radius 2 is 1.81 bits per heavy atom. The van der Waals surface area contributed by atoms with Crippen LogP contribution in [0.1, 0.15) is 11.1 Å². The van der Waals surface area contributed by atoms with Crippen LogP contribution >= 0.6 is 0 Å². The number of benzene rings is 2. The normalized spacial score (nSPS) is 11.6. The van der Waals surface area contributed by atoms with Crippen molar-refractivity contribution in [2.45, 2.75) is 18.0 Å². The maximum atomic E-state index is 13.4. The Hall–Kier alpha value is -1.83. The van der Waals surface area contributed by atoms with E-state index >= 15 is 0 Å². The first-order valence-corrected chi connectivity index (χ1v) is 7.67. The lowest BCUT2D eigenvalue weighted by molar-refractivity contribution is 0.568. The van der Waals surface area contributed by atoms with Crippen LogP contribution in [0.5, 0.6) is 0 Å². The molecule has 0 atom stereocenters. The molecular weight excluding hydrogens is 298 g/mol. The zero-order chi connectivity index (χ0) is 15.5. The largest absolute Gasteiger partial charge is 0.309 e. The summed E-state index contributed by atoms with van der Waals surface area (Å²) in [6.07, 6.45) is 0. The van der Waals surface area contributed by atoms with Crippen molar-refractivity contribution in [2.24, 2.45) is 5.14 Å². The number of nitrogens with one attached hydrogen (secondary N) is 1. The summed E-state index contributed by atoms with van der Waals surface area (Å²) in [6.45, 7) is 0.433. The van der Waals surface area contributed by atoms with Crippen LogP contribution in [0, 0.1) is 11.6 Å². The van der Waals surface area contributed by atoms with Gasteiger partial charge in [-0.1, -0.05) is 12.1 Å². The van der Waals surface area contributed by atoms with Gasteiger partial charge in [-0.25, -0.2) is 22.3 Å². The van der Waals surface area contributed by atoms with Crippen molar-refractivity contribution in [2.75, 3.05) is 0 Å². The summed E-state index contributed by atoms with van der Waals surface area (Å²) in [7, 11) is -3.75. The third-order valence-electron chi connectivity index (χ3n) is 2.88. The minimum absolute atomic E-state index is 0.0127. The maximum Gasteiger partial charge on any atom is 0.238 e. The Balaban J connectivity index is 2.02. The number of halogens is 2. The molecule has 112 valence electrons. The average molecular weight is 312 g/mol. The van der Waals surface area contributed by atoms with E-state index < -0.39 is 21.7 Å². The third kappa shape index (κ3) is 4.32. The van der Waals surface area contributed by atoms with Gasteiger partial charge in [-0.15, -0.1) is 0 Å². The number of primary sulfonamides is 1. The molecule has 0 radical (unpaired) electrons. The van der Waals surface area contributed by atoms with Gasteiger partial charge < -0.3 is 5.32 Å². The van der Waals surface area contributed by atoms with Crippen LogP contribution in [-0.2, 0) is 23.1 Å². The van der Waals surface area contributed by atoms with Gasteiger partial charge >= 0.3 is 0 Å². The van der Waals surface area contributed by atoms with Gasteiger partial charge in [-0.2, -0.15) is 0 Å². The monoisotopic (exact) mass is 312 g/mol. The molecule has 0 fully saturated rings. The summed E-state index contributed by atoms with van der Waals surface area (Å²) in [5, 5.41) is 7.96. The second-order valence-corrected chi connectivity index (χ2v) is 6.09. The van der Waals surface area contributed by atoms with E-state index in [1.165, 1.54) is 12.1 Å². The van der Waals surface area contributed by atoms with E-state index in [1.807, 2.05) is 0 Å². The Bertz CT molecular complexity index is 748. The quantitative estimate of drug-likeness (QED) is 0.886. The van der Waals surface area contributed by atoms with Gasteiger partial charge in [-0.3, -0.25) is 0 Å². The van der Waals surface area contributed by atoms with Gasteiger partial charge in [0.1, 0.15) is 11.6 Å². The van der Waals surface area contributed by atoms with Gasteiger partial charge in [0.05, 0.1) is 4.90 Å². The molecule has 21 heavy (non-hydrogen) atoms. The number of rotatable bonds is 5. The van der Waals surface area contributed by atoms with Crippen molar-refractivity contribution in [3.8, 4) is 0 Å². The molecule has 2 aromatic rings. The van der Waals surface area contributed by atoms with Crippen LogP contribution in [0.3, 0.4) is 0 Å². The van der Waals surface area contributed by atoms with Crippen molar-refractivity contribution in [3.05, 3.63) is 65.2 Å². The Labute approximate surface area is 121 Å². The van der Waals surface area contributed by atoms with E-state index in [-0.39, 0.29) is 17.0 Å². The topological polar surface area (TPSA) is 72.2 Å². The summed E-state index contributed by atoms with van der Waals surface area (Å²) in [6, 6.07) is 9.34. The standard InChI is InChI=1S/C14H14F2N2O2S/c15-12-4-5-14(16)11(7-12)9-18-8-10-2-1-3-13(6-10)21(17,19)20/h1-7,18H,8-9H2,(H2,17,19,20). The van der Waals surface area contributed by atoms with Crippen molar-refractivity contribution < 1.29 is 17.2 Å². The predicted molar refractivity (Wildman–Crippen MR) is 74.7 cm³/mol. The number of sulfonamides is 1. The molecule has 7 heteroatoms. The lowest BCUT2D eigenvalue weighted by Crippen LogP contribution is -2.16. The summed E-state index contributed by atoms with van der Waals surface area (Å²) >= 11 is 0. The second-order valence-electron chi connectivity index (χ2n) is 4.53. The summed E-state index contributed by atoms with van der Waals surface area (Å²) in [5.41, 5.74) is 0.885. The molecule has 0 amide bonds. The van der Waals surface area contributed by atoms with Crippen molar-refractivity contribution in [3.63, 3.8) is 0 Å². The van der Waals surface area contributed by atoms with E-state index in [2.05, 4.69) is 5.32 Å². The molecule has 0 aliphatic heterocycles. The molecule has 3 N–H and O–H groups in total. The molecule has 2 rings (SSSR count). The first-order chi connectivity index (χ1) is 9.86. The molecule has 4 nitrogen and oxygen atoms in total. The van der Waals surface area contributed by atoms with E-state index in [1.54, 1.807) is 12.1 Å². The SMILES string of the molecule is NS(=O)(=O)c1cccc(CNCc2cc(F)ccc2F)c1. The Morgan fingerprint density at radius 1 is 1.05 bits per heavy atom. The van der Waals surface area contributed by atoms with Gasteiger partial charge in [0.15, 0.2) is 0 Å². The molecule has 0 saturated carbocycles. The first kappa shape index (κ1) is 15.6. The van der Waals surface area contributed by atoms with Crippen LogP contribution in [-0.4, -0.2) is 8.42 Å². The van der Waals surface area contributed by atoms with Gasteiger partial charge in [0.2, 0.25) is 10.0 Å². The number of nitrogens with two attached hydrogens (primary N) is 1. The Morgan fingerprint density at radius 3 is 2.52 bits per heavy atom. The smallest absolute Gasteiger partial charge is 0.238 e. The molecule has 0 bridgehead atoms. The molecule has 0 heterocycles. The van der Waals surface area contributed by atoms with Crippen LogP contribution in [0.4, 0.5) is 8.78 Å². The molecular formula is C14H14F2N2O2S. The molecule has 0 aliphatic rings. The van der Waals surface area contributed by atoms with Crippen molar-refractivity contribution in [1.29, 1.82) is 0 Å². The predicted octanol–water partition coefficient (Wildman–Crippen LogP) is 1.90. The minimum atomic E-state index is -3.75. The highest BCUT2D eigenvalue weighted by Gasteiger charge is 2.08. The van der Waals surface area contributed by atoms with Crippen molar-refractivity contribution in [1.82, 2.24) is 5.32 Å². The fourth-order valence-corrected chi connectivity index (χ4v) is 2.44. The highest BCUT2D eigenvalue weighted by atomic mass is 32.2. The highest BCUT2D eigenvalue weighted by molar-refractivity contribution is 7.89. The van der Waals surface area contributed by atoms with Crippen LogP contribution in [0.25, 0.3) is 0 Å². The number of hydrogen-bond acceptors (Lipinski definition) is 3. The summed E-state index contributed by atoms with van der Waals surface area (Å²) in [4.78, 5) is 0.0127. The van der Waals surface area contributed by atoms with Gasteiger partial charge in [0.25, 0.3) is 0 Å². The van der Waals surface area contributed by atoms with E-state index in [4.69, 9.17) is 5.14 Å². The third-order valence-corrected chi connectivity index (χ3v) is 3.79. The van der Waals surface area contributed by atoms with Crippen LogP contribution < -0.4 is 10.5 Å². The average Bonchev–Trinajstić information content (AvgIpc) is 2.42. The molecule has 0 saturated heterocycles. The van der Waals surface area contributed by atoms with Crippen LogP contribution in [0.15, 0.2) is 47.4 Å².